The first-order valence-electron chi connectivity index (χ1n) is 9.42. The summed E-state index contributed by atoms with van der Waals surface area (Å²) in [5, 5.41) is 1.08. The molecule has 152 valence electrons. The summed E-state index contributed by atoms with van der Waals surface area (Å²) in [6.07, 6.45) is 4.00. The topological polar surface area (TPSA) is 89.9 Å². The zero-order valence-electron chi connectivity index (χ0n) is 16.4. The Kier molecular flexibility index (Phi) is 5.94. The van der Waals surface area contributed by atoms with Crippen molar-refractivity contribution < 1.29 is 9.53 Å². The summed E-state index contributed by atoms with van der Waals surface area (Å²) in [5.74, 6) is 0.222. The number of fused-ring (bicyclic) bond motifs is 1. The number of hydrogen-bond acceptors (Lipinski definition) is 6. The third-order valence-electron chi connectivity index (χ3n) is 4.71. The van der Waals surface area contributed by atoms with Crippen LogP contribution in [-0.4, -0.2) is 32.6 Å². The summed E-state index contributed by atoms with van der Waals surface area (Å²) >= 11 is 1.50. The van der Waals surface area contributed by atoms with E-state index in [1.165, 1.54) is 18.9 Å². The molecule has 7 nitrogen and oxygen atoms in total. The van der Waals surface area contributed by atoms with Crippen molar-refractivity contribution in [2.45, 2.75) is 23.9 Å². The van der Waals surface area contributed by atoms with E-state index in [9.17, 15) is 9.59 Å². The molecule has 4 aromatic rings. The number of methoxy groups -OCH3 is 1. The van der Waals surface area contributed by atoms with Gasteiger partial charge in [0.2, 0.25) is 0 Å². The number of aromatic amines is 1. The summed E-state index contributed by atoms with van der Waals surface area (Å²) in [6.45, 7) is 0.472. The number of carbonyl (C=O) groups is 1. The van der Waals surface area contributed by atoms with Gasteiger partial charge < -0.3 is 9.72 Å². The van der Waals surface area contributed by atoms with Gasteiger partial charge in [0.1, 0.15) is 0 Å². The fourth-order valence-corrected chi connectivity index (χ4v) is 4.11. The second-order valence-corrected chi connectivity index (χ2v) is 7.62. The van der Waals surface area contributed by atoms with Crippen LogP contribution in [-0.2, 0) is 23.5 Å². The van der Waals surface area contributed by atoms with Crippen LogP contribution in [0.1, 0.15) is 21.6 Å². The number of nitrogens with one attached hydrogen (secondary N) is 1. The molecule has 8 heteroatoms. The Hall–Kier alpha value is -3.39. The first-order valence-corrected chi connectivity index (χ1v) is 10.4. The lowest BCUT2D eigenvalue weighted by Crippen LogP contribution is -2.24. The van der Waals surface area contributed by atoms with E-state index in [4.69, 9.17) is 9.72 Å². The molecular weight excluding hydrogens is 400 g/mol. The second kappa shape index (κ2) is 8.96. The smallest absolute Gasteiger partial charge is 0.337 e. The Morgan fingerprint density at radius 1 is 1.20 bits per heavy atom. The highest BCUT2D eigenvalue weighted by Crippen LogP contribution is 2.23. The fraction of sp³-hybridized carbons (Fsp3) is 0.182. The van der Waals surface area contributed by atoms with Crippen molar-refractivity contribution in [2.75, 3.05) is 7.11 Å². The maximum absolute atomic E-state index is 13.2. The molecule has 2 aromatic heterocycles. The van der Waals surface area contributed by atoms with E-state index in [1.54, 1.807) is 35.3 Å². The number of aryl methyl sites for hydroxylation is 1. The number of hydrogen-bond donors (Lipinski definition) is 1. The van der Waals surface area contributed by atoms with Gasteiger partial charge in [0, 0.05) is 30.6 Å². The number of benzene rings is 2. The van der Waals surface area contributed by atoms with Crippen molar-refractivity contribution in [2.24, 2.45) is 0 Å². The van der Waals surface area contributed by atoms with E-state index in [2.05, 4.69) is 9.97 Å². The molecule has 0 bridgehead atoms. The second-order valence-electron chi connectivity index (χ2n) is 6.68. The van der Waals surface area contributed by atoms with E-state index in [1.807, 2.05) is 30.3 Å². The average Bonchev–Trinajstić information content (AvgIpc) is 3.30. The molecular formula is C22H20N4O3S. The minimum Gasteiger partial charge on any atom is -0.465 e. The Morgan fingerprint density at radius 2 is 2.03 bits per heavy atom. The SMILES string of the molecule is COC(=O)c1ccc2c(=O)n(CCc3cnc[nH]3)c(SCc3ccccc3)nc2c1. The highest BCUT2D eigenvalue weighted by Gasteiger charge is 2.15. The molecule has 0 amide bonds. The van der Waals surface area contributed by atoms with E-state index in [0.717, 1.165) is 11.3 Å². The van der Waals surface area contributed by atoms with Gasteiger partial charge in [-0.15, -0.1) is 0 Å². The Morgan fingerprint density at radius 3 is 2.77 bits per heavy atom. The zero-order valence-corrected chi connectivity index (χ0v) is 17.2. The minimum atomic E-state index is -0.458. The number of carbonyl (C=O) groups excluding carboxylic acids is 1. The highest BCUT2D eigenvalue weighted by atomic mass is 32.2. The molecule has 0 fully saturated rings. The molecule has 0 atom stereocenters. The number of thioether (sulfide) groups is 1. The molecule has 2 aromatic carbocycles. The van der Waals surface area contributed by atoms with Crippen molar-refractivity contribution in [1.29, 1.82) is 0 Å². The molecule has 4 rings (SSSR count). The molecule has 0 saturated heterocycles. The maximum atomic E-state index is 13.2. The van der Waals surface area contributed by atoms with E-state index >= 15 is 0 Å². The quantitative estimate of drug-likeness (QED) is 0.280. The summed E-state index contributed by atoms with van der Waals surface area (Å²) in [5.41, 5.74) is 2.80. The molecule has 0 spiro atoms. The molecule has 0 saturated carbocycles. The average molecular weight is 420 g/mol. The van der Waals surface area contributed by atoms with Gasteiger partial charge in [-0.25, -0.2) is 14.8 Å². The predicted octanol–water partition coefficient (Wildman–Crippen LogP) is 3.44. The number of esters is 1. The third kappa shape index (κ3) is 4.28. The predicted molar refractivity (Wildman–Crippen MR) is 116 cm³/mol. The van der Waals surface area contributed by atoms with Crippen LogP contribution in [0.5, 0.6) is 0 Å². The molecule has 30 heavy (non-hydrogen) atoms. The number of rotatable bonds is 7. The molecule has 0 aliphatic heterocycles. The van der Waals surface area contributed by atoms with Gasteiger partial charge in [-0.05, 0) is 23.8 Å². The largest absolute Gasteiger partial charge is 0.465 e. The lowest BCUT2D eigenvalue weighted by molar-refractivity contribution is 0.0601. The van der Waals surface area contributed by atoms with Gasteiger partial charge in [0.25, 0.3) is 5.56 Å². The van der Waals surface area contributed by atoms with Crippen molar-refractivity contribution in [3.8, 4) is 0 Å². The van der Waals surface area contributed by atoms with Crippen molar-refractivity contribution in [3.63, 3.8) is 0 Å². The third-order valence-corrected chi connectivity index (χ3v) is 5.76. The monoisotopic (exact) mass is 420 g/mol. The van der Waals surface area contributed by atoms with Gasteiger partial charge in [0.15, 0.2) is 5.16 Å². The number of nitrogens with zero attached hydrogens (tertiary/aromatic N) is 3. The number of H-pyrrole nitrogens is 1. The lowest BCUT2D eigenvalue weighted by Gasteiger charge is -2.13. The zero-order chi connectivity index (χ0) is 20.9. The summed E-state index contributed by atoms with van der Waals surface area (Å²) in [4.78, 5) is 36.9. The van der Waals surface area contributed by atoms with Crippen LogP contribution in [0.4, 0.5) is 0 Å². The minimum absolute atomic E-state index is 0.133. The first-order chi connectivity index (χ1) is 14.7. The summed E-state index contributed by atoms with van der Waals surface area (Å²) < 4.78 is 6.48. The van der Waals surface area contributed by atoms with Crippen LogP contribution >= 0.6 is 11.8 Å². The van der Waals surface area contributed by atoms with Gasteiger partial charge in [0.05, 0.1) is 29.9 Å². The van der Waals surface area contributed by atoms with Crippen LogP contribution in [0, 0.1) is 0 Å². The van der Waals surface area contributed by atoms with Crippen LogP contribution < -0.4 is 5.56 Å². The van der Waals surface area contributed by atoms with Gasteiger partial charge in [-0.2, -0.15) is 0 Å². The van der Waals surface area contributed by atoms with Gasteiger partial charge in [-0.1, -0.05) is 42.1 Å². The number of aromatic nitrogens is 4. The molecule has 0 unspecified atom stereocenters. The van der Waals surface area contributed by atoms with Crippen LogP contribution in [0.3, 0.4) is 0 Å². The lowest BCUT2D eigenvalue weighted by atomic mass is 10.1. The Bertz CT molecular complexity index is 1220. The molecule has 2 heterocycles. The Balaban J connectivity index is 1.73. The van der Waals surface area contributed by atoms with E-state index in [0.29, 0.717) is 40.3 Å². The standard InChI is InChI=1S/C22H20N4O3S/c1-29-21(28)16-7-8-18-19(11-16)25-22(30-13-15-5-3-2-4-6-15)26(20(18)27)10-9-17-12-23-14-24-17/h2-8,11-12,14H,9-10,13H2,1H3,(H,23,24). The molecule has 1 N–H and O–H groups in total. The Labute approximate surface area is 177 Å². The summed E-state index contributed by atoms with van der Waals surface area (Å²) in [7, 11) is 1.33. The summed E-state index contributed by atoms with van der Waals surface area (Å²) in [6, 6.07) is 14.8. The van der Waals surface area contributed by atoms with E-state index in [-0.39, 0.29) is 5.56 Å². The molecule has 0 radical (unpaired) electrons. The van der Waals surface area contributed by atoms with Crippen molar-refractivity contribution in [1.82, 2.24) is 19.5 Å². The molecule has 0 aliphatic carbocycles. The normalized spacial score (nSPS) is 11.0. The number of ether oxygens (including phenoxy) is 1. The molecule has 0 aliphatic rings. The van der Waals surface area contributed by atoms with Crippen LogP contribution in [0.2, 0.25) is 0 Å². The highest BCUT2D eigenvalue weighted by molar-refractivity contribution is 7.98. The first kappa shape index (κ1) is 19.9. The van der Waals surface area contributed by atoms with Crippen LogP contribution in [0.15, 0.2) is 71.0 Å². The fourth-order valence-electron chi connectivity index (χ4n) is 3.13. The van der Waals surface area contributed by atoms with Gasteiger partial charge in [-0.3, -0.25) is 9.36 Å². The van der Waals surface area contributed by atoms with Crippen LogP contribution in [0.25, 0.3) is 10.9 Å². The van der Waals surface area contributed by atoms with Crippen molar-refractivity contribution in [3.05, 3.63) is 88.2 Å². The number of imidazole rings is 1. The maximum Gasteiger partial charge on any atom is 0.337 e. The van der Waals surface area contributed by atoms with E-state index < -0.39 is 5.97 Å². The van der Waals surface area contributed by atoms with Gasteiger partial charge >= 0.3 is 5.97 Å². The van der Waals surface area contributed by atoms with Crippen molar-refractivity contribution >= 4 is 28.6 Å².